The molecule has 0 radical (unpaired) electrons. The fourth-order valence-electron chi connectivity index (χ4n) is 2.83. The quantitative estimate of drug-likeness (QED) is 0.367. The Balaban J connectivity index is 0.000000209. The molecule has 3 rings (SSSR count). The van der Waals surface area contributed by atoms with Crippen LogP contribution < -0.4 is 4.52 Å². The van der Waals surface area contributed by atoms with Crippen LogP contribution in [0.2, 0.25) is 0 Å². The molecule has 4 heteroatoms. The zero-order chi connectivity index (χ0) is 20.0. The minimum absolute atomic E-state index is 0.233. The molecule has 0 aromatic heterocycles. The Labute approximate surface area is 173 Å². The zero-order valence-corrected chi connectivity index (χ0v) is 18.7. The van der Waals surface area contributed by atoms with Gasteiger partial charge < -0.3 is 9.05 Å². The summed E-state index contributed by atoms with van der Waals surface area (Å²) in [5.41, 5.74) is 2.58. The van der Waals surface area contributed by atoms with Gasteiger partial charge >= 0.3 is 0 Å². The van der Waals surface area contributed by atoms with Crippen LogP contribution in [0.15, 0.2) is 91.0 Å². The number of benzene rings is 3. The third kappa shape index (κ3) is 7.72. The third-order valence-corrected chi connectivity index (χ3v) is 6.42. The SMILES string of the molecule is CCP(CC)Oc1ccccc1.POCC(c1ccccc1)c1ccccc1. The molecule has 0 spiro atoms. The Morgan fingerprint density at radius 1 is 0.714 bits per heavy atom. The first-order chi connectivity index (χ1) is 13.8. The molecule has 0 heterocycles. The van der Waals surface area contributed by atoms with E-state index in [1.54, 1.807) is 0 Å². The fourth-order valence-corrected chi connectivity index (χ4v) is 4.15. The molecule has 0 bridgehead atoms. The largest absolute Gasteiger partial charge is 0.474 e. The first-order valence-electron chi connectivity index (χ1n) is 9.68. The van der Waals surface area contributed by atoms with Crippen LogP contribution in [-0.4, -0.2) is 18.9 Å². The molecule has 0 fully saturated rings. The number of hydrogen-bond acceptors (Lipinski definition) is 2. The molecule has 3 aromatic rings. The highest BCUT2D eigenvalue weighted by Crippen LogP contribution is 2.36. The van der Waals surface area contributed by atoms with Gasteiger partial charge in [0.2, 0.25) is 0 Å². The summed E-state index contributed by atoms with van der Waals surface area (Å²) in [6, 6.07) is 30.9. The van der Waals surface area contributed by atoms with Crippen molar-refractivity contribution in [3.8, 4) is 5.75 Å². The molecule has 0 N–H and O–H groups in total. The topological polar surface area (TPSA) is 18.5 Å². The van der Waals surface area contributed by atoms with Gasteiger partial charge in [-0.05, 0) is 23.3 Å². The summed E-state index contributed by atoms with van der Waals surface area (Å²) in [7, 11) is 2.09. The summed E-state index contributed by atoms with van der Waals surface area (Å²) in [6.07, 6.45) is 2.28. The van der Waals surface area contributed by atoms with Gasteiger partial charge in [0, 0.05) is 27.7 Å². The first kappa shape index (κ1) is 22.6. The normalized spacial score (nSPS) is 10.5. The van der Waals surface area contributed by atoms with Crippen LogP contribution in [0.4, 0.5) is 0 Å². The predicted molar refractivity (Wildman–Crippen MR) is 125 cm³/mol. The fraction of sp³-hybridized carbons (Fsp3) is 0.250. The van der Waals surface area contributed by atoms with E-state index in [1.807, 2.05) is 42.5 Å². The Bertz CT molecular complexity index is 708. The molecular formula is C24H30O2P2. The van der Waals surface area contributed by atoms with Crippen molar-refractivity contribution in [2.75, 3.05) is 18.9 Å². The molecule has 1 atom stereocenters. The van der Waals surface area contributed by atoms with E-state index < -0.39 is 0 Å². The van der Waals surface area contributed by atoms with Crippen molar-refractivity contribution in [3.05, 3.63) is 102 Å². The smallest absolute Gasteiger partial charge is 0.123 e. The zero-order valence-electron chi connectivity index (χ0n) is 16.7. The summed E-state index contributed by atoms with van der Waals surface area (Å²) >= 11 is 0. The van der Waals surface area contributed by atoms with Crippen LogP contribution in [0.1, 0.15) is 30.9 Å². The van der Waals surface area contributed by atoms with Gasteiger partial charge in [0.15, 0.2) is 0 Å². The molecular weight excluding hydrogens is 382 g/mol. The van der Waals surface area contributed by atoms with Crippen molar-refractivity contribution in [2.45, 2.75) is 19.8 Å². The summed E-state index contributed by atoms with van der Waals surface area (Å²) in [5.74, 6) is 1.31. The Kier molecular flexibility index (Phi) is 10.8. The van der Waals surface area contributed by atoms with Crippen molar-refractivity contribution >= 4 is 17.6 Å². The van der Waals surface area contributed by atoms with E-state index in [1.165, 1.54) is 11.1 Å². The van der Waals surface area contributed by atoms with Crippen molar-refractivity contribution < 1.29 is 9.05 Å². The monoisotopic (exact) mass is 412 g/mol. The summed E-state index contributed by atoms with van der Waals surface area (Å²) in [4.78, 5) is 0. The number of rotatable bonds is 8. The van der Waals surface area contributed by atoms with E-state index in [0.29, 0.717) is 12.5 Å². The van der Waals surface area contributed by atoms with Crippen LogP contribution >= 0.6 is 17.6 Å². The summed E-state index contributed by atoms with van der Waals surface area (Å²) in [6.45, 7) is 5.04. The van der Waals surface area contributed by atoms with E-state index >= 15 is 0 Å². The average molecular weight is 412 g/mol. The Morgan fingerprint density at radius 3 is 1.54 bits per heavy atom. The van der Waals surface area contributed by atoms with Crippen LogP contribution in [0, 0.1) is 0 Å². The maximum absolute atomic E-state index is 5.78. The average Bonchev–Trinajstić information content (AvgIpc) is 2.78. The van der Waals surface area contributed by atoms with Crippen molar-refractivity contribution in [2.24, 2.45) is 0 Å². The molecule has 0 aliphatic carbocycles. The number of hydrogen-bond donors (Lipinski definition) is 0. The van der Waals surface area contributed by atoms with Crippen molar-refractivity contribution in [1.82, 2.24) is 0 Å². The van der Waals surface area contributed by atoms with Crippen molar-refractivity contribution in [3.63, 3.8) is 0 Å². The predicted octanol–water partition coefficient (Wildman–Crippen LogP) is 7.13. The second-order valence-corrected chi connectivity index (χ2v) is 8.97. The van der Waals surface area contributed by atoms with Gasteiger partial charge in [0.1, 0.15) is 5.75 Å². The molecule has 0 saturated carbocycles. The third-order valence-electron chi connectivity index (χ3n) is 4.35. The second kappa shape index (κ2) is 13.5. The molecule has 148 valence electrons. The highest BCUT2D eigenvalue weighted by atomic mass is 31.1. The van der Waals surface area contributed by atoms with Gasteiger partial charge in [-0.15, -0.1) is 0 Å². The van der Waals surface area contributed by atoms with Crippen LogP contribution in [-0.2, 0) is 4.52 Å². The lowest BCUT2D eigenvalue weighted by Crippen LogP contribution is -2.06. The lowest BCUT2D eigenvalue weighted by Gasteiger charge is -2.16. The first-order valence-corrected chi connectivity index (χ1v) is 11.8. The summed E-state index contributed by atoms with van der Waals surface area (Å²) in [5, 5.41) is 0. The van der Waals surface area contributed by atoms with Gasteiger partial charge in [-0.25, -0.2) is 0 Å². The van der Waals surface area contributed by atoms with Crippen LogP contribution in [0.25, 0.3) is 0 Å². The van der Waals surface area contributed by atoms with Gasteiger partial charge in [0.25, 0.3) is 0 Å². The van der Waals surface area contributed by atoms with Crippen LogP contribution in [0.3, 0.4) is 0 Å². The molecule has 2 nitrogen and oxygen atoms in total. The van der Waals surface area contributed by atoms with E-state index in [-0.39, 0.29) is 8.15 Å². The van der Waals surface area contributed by atoms with Gasteiger partial charge in [-0.2, -0.15) is 0 Å². The molecule has 0 saturated heterocycles. The Morgan fingerprint density at radius 2 is 1.14 bits per heavy atom. The van der Waals surface area contributed by atoms with Gasteiger partial charge in [-0.3, -0.25) is 0 Å². The van der Waals surface area contributed by atoms with E-state index in [9.17, 15) is 0 Å². The molecule has 3 aromatic carbocycles. The standard InChI is InChI=1S/C14H15OP.C10H15OP/c16-15-11-14(12-7-3-1-4-8-12)13-9-5-2-6-10-13;1-3-12(4-2)11-10-8-6-5-7-9-10/h1-10,14H,11,16H2;5-9H,3-4H2,1-2H3. The molecule has 0 aliphatic rings. The summed E-state index contributed by atoms with van der Waals surface area (Å²) < 4.78 is 11.0. The van der Waals surface area contributed by atoms with Gasteiger partial charge in [-0.1, -0.05) is 92.7 Å². The van der Waals surface area contributed by atoms with Crippen LogP contribution in [0.5, 0.6) is 5.75 Å². The molecule has 28 heavy (non-hydrogen) atoms. The Hall–Kier alpha value is -1.72. The molecule has 1 unspecified atom stereocenters. The molecule has 0 amide bonds. The van der Waals surface area contributed by atoms with E-state index in [2.05, 4.69) is 71.8 Å². The maximum atomic E-state index is 5.78. The second-order valence-electron chi connectivity index (χ2n) is 6.23. The lowest BCUT2D eigenvalue weighted by molar-refractivity contribution is 0.353. The molecule has 0 aliphatic heterocycles. The lowest BCUT2D eigenvalue weighted by atomic mass is 9.92. The van der Waals surface area contributed by atoms with Crippen molar-refractivity contribution in [1.29, 1.82) is 0 Å². The van der Waals surface area contributed by atoms with E-state index in [4.69, 9.17) is 9.05 Å². The van der Waals surface area contributed by atoms with E-state index in [0.717, 1.165) is 18.1 Å². The number of para-hydroxylation sites is 1. The minimum Gasteiger partial charge on any atom is -0.474 e. The highest BCUT2D eigenvalue weighted by Gasteiger charge is 2.12. The maximum Gasteiger partial charge on any atom is 0.123 e. The van der Waals surface area contributed by atoms with Gasteiger partial charge in [0.05, 0.1) is 14.8 Å². The highest BCUT2D eigenvalue weighted by molar-refractivity contribution is 7.52. The minimum atomic E-state index is -0.233.